The number of Topliss-reactive ketones (excluding diaryl/α,β-unsaturated/α-hetero) is 1. The zero-order chi connectivity index (χ0) is 18.6. The van der Waals surface area contributed by atoms with Gasteiger partial charge in [-0.05, 0) is 24.6 Å². The van der Waals surface area contributed by atoms with Gasteiger partial charge in [0.15, 0.2) is 22.9 Å². The van der Waals surface area contributed by atoms with Crippen molar-refractivity contribution in [1.29, 1.82) is 0 Å². The van der Waals surface area contributed by atoms with Crippen LogP contribution < -0.4 is 9.46 Å². The molecule has 136 valence electrons. The van der Waals surface area contributed by atoms with Crippen LogP contribution in [0.25, 0.3) is 11.0 Å². The van der Waals surface area contributed by atoms with Crippen molar-refractivity contribution >= 4 is 32.7 Å². The van der Waals surface area contributed by atoms with Crippen LogP contribution in [0, 0.1) is 0 Å². The molecule has 2 N–H and O–H groups in total. The summed E-state index contributed by atoms with van der Waals surface area (Å²) in [6, 6.07) is 4.05. The number of unbranched alkanes of at least 4 members (excludes halogenated alkanes) is 1. The van der Waals surface area contributed by atoms with Gasteiger partial charge in [0.2, 0.25) is 10.0 Å². The third-order valence-electron chi connectivity index (χ3n) is 3.41. The Kier molecular flexibility index (Phi) is 5.81. The lowest BCUT2D eigenvalue weighted by Gasteiger charge is -2.09. The van der Waals surface area contributed by atoms with Gasteiger partial charge in [-0.15, -0.1) is 0 Å². The first-order valence-electron chi connectivity index (χ1n) is 7.68. The molecule has 0 saturated carbocycles. The van der Waals surface area contributed by atoms with Gasteiger partial charge in [-0.2, -0.15) is 4.72 Å². The monoisotopic (exact) mass is 369 g/mol. The molecule has 0 aliphatic carbocycles. The van der Waals surface area contributed by atoms with E-state index in [2.05, 4.69) is 0 Å². The van der Waals surface area contributed by atoms with Crippen LogP contribution in [0.2, 0.25) is 0 Å². The van der Waals surface area contributed by atoms with Crippen molar-refractivity contribution in [2.75, 3.05) is 13.2 Å². The van der Waals surface area contributed by atoms with Crippen LogP contribution in [-0.4, -0.2) is 38.4 Å². The van der Waals surface area contributed by atoms with E-state index in [1.54, 1.807) is 0 Å². The molecule has 0 atom stereocenters. The molecule has 1 aromatic carbocycles. The predicted octanol–water partition coefficient (Wildman–Crippen LogP) is 2.18. The van der Waals surface area contributed by atoms with E-state index in [4.69, 9.17) is 14.3 Å². The molecule has 9 heteroatoms. The zero-order valence-electron chi connectivity index (χ0n) is 13.9. The number of hydrogen-bond acceptors (Lipinski definition) is 6. The first-order chi connectivity index (χ1) is 11.8. The number of fused-ring (bicyclic) bond motifs is 1. The fourth-order valence-corrected chi connectivity index (χ4v) is 3.31. The van der Waals surface area contributed by atoms with Gasteiger partial charge in [0, 0.05) is 12.3 Å². The molecule has 1 aromatic heterocycles. The maximum atomic E-state index is 12.4. The van der Waals surface area contributed by atoms with Crippen LogP contribution in [0.4, 0.5) is 0 Å². The molecule has 0 unspecified atom stereocenters. The molecule has 2 rings (SSSR count). The number of ketones is 1. The molecular weight excluding hydrogens is 350 g/mol. The Morgan fingerprint density at radius 1 is 1.32 bits per heavy atom. The molecule has 0 amide bonds. The van der Waals surface area contributed by atoms with E-state index >= 15 is 0 Å². The van der Waals surface area contributed by atoms with Crippen LogP contribution in [0.1, 0.15) is 37.2 Å². The molecule has 0 saturated heterocycles. The summed E-state index contributed by atoms with van der Waals surface area (Å²) in [5, 5.41) is 8.83. The average Bonchev–Trinajstić information content (AvgIpc) is 2.99. The van der Waals surface area contributed by atoms with Gasteiger partial charge >= 0.3 is 5.97 Å². The summed E-state index contributed by atoms with van der Waals surface area (Å²) in [5.41, 5.74) is 0.138. The quantitative estimate of drug-likeness (QED) is 0.513. The number of carbonyl (C=O) groups is 2. The molecule has 0 bridgehead atoms. The summed E-state index contributed by atoms with van der Waals surface area (Å²) < 4.78 is 37.8. The number of sulfonamides is 1. The number of nitrogens with one attached hydrogen (secondary N) is 1. The number of hydrogen-bond donors (Lipinski definition) is 2. The molecule has 0 radical (unpaired) electrons. The number of carbonyl (C=O) groups excluding carboxylic acids is 1. The van der Waals surface area contributed by atoms with Crippen molar-refractivity contribution < 1.29 is 32.3 Å². The molecular formula is C16H19NO7S. The van der Waals surface area contributed by atoms with Gasteiger partial charge in [-0.3, -0.25) is 9.59 Å². The van der Waals surface area contributed by atoms with Crippen LogP contribution in [0.15, 0.2) is 27.5 Å². The Morgan fingerprint density at radius 3 is 2.64 bits per heavy atom. The maximum absolute atomic E-state index is 12.4. The standard InChI is InChI=1S/C16H19NO7S/c1-3-4-7-23-12-5-6-14(25(21,22)17-9-15(19)20)11-8-13(10(2)18)24-16(11)12/h5-6,8,17H,3-4,7,9H2,1-2H3,(H,19,20). The summed E-state index contributed by atoms with van der Waals surface area (Å²) in [5.74, 6) is -1.35. The van der Waals surface area contributed by atoms with Crippen LogP contribution >= 0.6 is 0 Å². The van der Waals surface area contributed by atoms with Crippen molar-refractivity contribution in [3.63, 3.8) is 0 Å². The lowest BCUT2D eigenvalue weighted by molar-refractivity contribution is -0.135. The normalized spacial score (nSPS) is 11.6. The number of furan rings is 1. The van der Waals surface area contributed by atoms with Gasteiger partial charge in [0.1, 0.15) is 6.54 Å². The van der Waals surface area contributed by atoms with Gasteiger partial charge in [0.05, 0.1) is 11.5 Å². The van der Waals surface area contributed by atoms with E-state index in [0.29, 0.717) is 12.4 Å². The van der Waals surface area contributed by atoms with Crippen LogP contribution in [-0.2, 0) is 14.8 Å². The van der Waals surface area contributed by atoms with Crippen molar-refractivity contribution in [3.8, 4) is 5.75 Å². The Hall–Kier alpha value is -2.39. The minimum atomic E-state index is -4.09. The maximum Gasteiger partial charge on any atom is 0.318 e. The van der Waals surface area contributed by atoms with E-state index in [0.717, 1.165) is 12.8 Å². The third kappa shape index (κ3) is 4.37. The minimum Gasteiger partial charge on any atom is -0.490 e. The molecule has 0 aliphatic heterocycles. The minimum absolute atomic E-state index is 0.00349. The predicted molar refractivity (Wildman–Crippen MR) is 89.4 cm³/mol. The largest absolute Gasteiger partial charge is 0.490 e. The second kappa shape index (κ2) is 7.66. The smallest absolute Gasteiger partial charge is 0.318 e. The molecule has 2 aromatic rings. The Balaban J connectivity index is 2.53. The van der Waals surface area contributed by atoms with Gasteiger partial charge in [-0.25, -0.2) is 8.42 Å². The molecule has 0 spiro atoms. The van der Waals surface area contributed by atoms with Crippen LogP contribution in [0.3, 0.4) is 0 Å². The number of aliphatic carboxylic acids is 1. The molecule has 0 aliphatic rings. The zero-order valence-corrected chi connectivity index (χ0v) is 14.7. The van der Waals surface area contributed by atoms with Gasteiger partial charge < -0.3 is 14.3 Å². The fourth-order valence-electron chi connectivity index (χ4n) is 2.16. The van der Waals surface area contributed by atoms with E-state index in [9.17, 15) is 18.0 Å². The number of benzene rings is 1. The Labute approximate surface area is 144 Å². The highest BCUT2D eigenvalue weighted by atomic mass is 32.2. The topological polar surface area (TPSA) is 123 Å². The highest BCUT2D eigenvalue weighted by Gasteiger charge is 2.23. The van der Waals surface area contributed by atoms with E-state index in [1.807, 2.05) is 11.6 Å². The first kappa shape index (κ1) is 18.9. The number of carboxylic acid groups (broad SMARTS) is 1. The molecule has 0 fully saturated rings. The highest BCUT2D eigenvalue weighted by Crippen LogP contribution is 2.34. The summed E-state index contributed by atoms with van der Waals surface area (Å²) >= 11 is 0. The summed E-state index contributed by atoms with van der Waals surface area (Å²) in [6.45, 7) is 2.97. The SMILES string of the molecule is CCCCOc1ccc(S(=O)(=O)NCC(=O)O)c2cc(C(C)=O)oc12. The molecule has 1 heterocycles. The molecule has 25 heavy (non-hydrogen) atoms. The lowest BCUT2D eigenvalue weighted by Crippen LogP contribution is -2.29. The van der Waals surface area contributed by atoms with E-state index in [-0.39, 0.29) is 27.4 Å². The highest BCUT2D eigenvalue weighted by molar-refractivity contribution is 7.89. The molecule has 8 nitrogen and oxygen atoms in total. The van der Waals surface area contributed by atoms with Gasteiger partial charge in [0.25, 0.3) is 0 Å². The first-order valence-corrected chi connectivity index (χ1v) is 9.16. The fraction of sp³-hybridized carbons (Fsp3) is 0.375. The van der Waals surface area contributed by atoms with Crippen LogP contribution in [0.5, 0.6) is 5.75 Å². The number of rotatable bonds is 9. The lowest BCUT2D eigenvalue weighted by atomic mass is 10.2. The Bertz CT molecular complexity index is 899. The van der Waals surface area contributed by atoms with E-state index < -0.39 is 22.5 Å². The third-order valence-corrected chi connectivity index (χ3v) is 4.87. The second-order valence-corrected chi connectivity index (χ2v) is 7.13. The van der Waals surface area contributed by atoms with E-state index in [1.165, 1.54) is 25.1 Å². The Morgan fingerprint density at radius 2 is 2.04 bits per heavy atom. The summed E-state index contributed by atoms with van der Waals surface area (Å²) in [4.78, 5) is 22.0. The van der Waals surface area contributed by atoms with Gasteiger partial charge in [-0.1, -0.05) is 13.3 Å². The summed E-state index contributed by atoms with van der Waals surface area (Å²) in [7, 11) is -4.09. The number of ether oxygens (including phenoxy) is 1. The van der Waals surface area contributed by atoms with Crippen molar-refractivity contribution in [2.24, 2.45) is 0 Å². The van der Waals surface area contributed by atoms with Crippen molar-refractivity contribution in [2.45, 2.75) is 31.6 Å². The summed E-state index contributed by atoms with van der Waals surface area (Å²) in [6.07, 6.45) is 1.73. The van der Waals surface area contributed by atoms with Crippen molar-refractivity contribution in [1.82, 2.24) is 4.72 Å². The van der Waals surface area contributed by atoms with Crippen molar-refractivity contribution in [3.05, 3.63) is 24.0 Å². The second-order valence-electron chi connectivity index (χ2n) is 5.39. The average molecular weight is 369 g/mol. The number of carboxylic acids is 1.